The summed E-state index contributed by atoms with van der Waals surface area (Å²) < 4.78 is 26.9. The summed E-state index contributed by atoms with van der Waals surface area (Å²) in [6.45, 7) is 3.85. The summed E-state index contributed by atoms with van der Waals surface area (Å²) in [6, 6.07) is 6.61. The Morgan fingerprint density at radius 3 is 2.38 bits per heavy atom. The van der Waals surface area contributed by atoms with E-state index in [-0.39, 0.29) is 6.04 Å². The molecule has 0 aliphatic heterocycles. The van der Waals surface area contributed by atoms with Gasteiger partial charge in [0.15, 0.2) is 0 Å². The number of sulfonamides is 1. The highest BCUT2D eigenvalue weighted by Gasteiger charge is 2.30. The van der Waals surface area contributed by atoms with Crippen LogP contribution in [0.2, 0.25) is 0 Å². The molecule has 1 aliphatic carbocycles. The Hall–Kier alpha value is -0.910. The van der Waals surface area contributed by atoms with Crippen molar-refractivity contribution in [3.8, 4) is 0 Å². The molecule has 3 unspecified atom stereocenters. The van der Waals surface area contributed by atoms with E-state index in [1.165, 1.54) is 10.7 Å². The molecule has 0 aromatic heterocycles. The van der Waals surface area contributed by atoms with Crippen LogP contribution in [-0.2, 0) is 10.0 Å². The van der Waals surface area contributed by atoms with Crippen molar-refractivity contribution < 1.29 is 13.5 Å². The summed E-state index contributed by atoms with van der Waals surface area (Å²) in [5.41, 5.74) is 0.725. The van der Waals surface area contributed by atoms with Crippen molar-refractivity contribution in [2.24, 2.45) is 5.92 Å². The number of hydrogen-bond acceptors (Lipinski definition) is 3. The van der Waals surface area contributed by atoms with Gasteiger partial charge in [-0.3, -0.25) is 0 Å². The second-order valence-corrected chi connectivity index (χ2v) is 8.19. The van der Waals surface area contributed by atoms with Crippen LogP contribution in [0.3, 0.4) is 0 Å². The number of hydrogen-bond donors (Lipinski definition) is 1. The Kier molecular flexibility index (Phi) is 5.07. The summed E-state index contributed by atoms with van der Waals surface area (Å²) in [5, 5.41) is 9.50. The molecule has 0 spiro atoms. The van der Waals surface area contributed by atoms with Gasteiger partial charge >= 0.3 is 0 Å². The predicted molar refractivity (Wildman–Crippen MR) is 83.4 cm³/mol. The van der Waals surface area contributed by atoms with E-state index in [9.17, 15) is 13.5 Å². The van der Waals surface area contributed by atoms with E-state index < -0.39 is 16.1 Å². The molecule has 1 N–H and O–H groups in total. The number of nitrogens with zero attached hydrogens (tertiary/aromatic N) is 1. The number of benzene rings is 1. The molecule has 1 aromatic carbocycles. The molecule has 1 aromatic rings. The molecular formula is C16H25NO3S. The second-order valence-electron chi connectivity index (χ2n) is 6.19. The third-order valence-corrected chi connectivity index (χ3v) is 6.39. The molecule has 0 radical (unpaired) electrons. The van der Waals surface area contributed by atoms with Gasteiger partial charge in [-0.2, -0.15) is 4.31 Å². The Balaban J connectivity index is 2.20. The van der Waals surface area contributed by atoms with Crippen molar-refractivity contribution in [3.05, 3.63) is 29.8 Å². The van der Waals surface area contributed by atoms with E-state index in [0.29, 0.717) is 10.8 Å². The predicted octanol–water partition coefficient (Wildman–Crippen LogP) is 2.94. The fourth-order valence-electron chi connectivity index (χ4n) is 3.01. The third-order valence-electron chi connectivity index (χ3n) is 4.46. The van der Waals surface area contributed by atoms with Gasteiger partial charge in [-0.05, 0) is 43.4 Å². The SMILES string of the molecule is CC1CCCC(N(C)S(=O)(=O)c2ccc(C(C)O)cc2)C1. The molecule has 1 aliphatic rings. The second kappa shape index (κ2) is 6.46. The minimum Gasteiger partial charge on any atom is -0.389 e. The van der Waals surface area contributed by atoms with Crippen LogP contribution in [0.4, 0.5) is 0 Å². The lowest BCUT2D eigenvalue weighted by molar-refractivity contribution is 0.199. The maximum Gasteiger partial charge on any atom is 0.243 e. The van der Waals surface area contributed by atoms with Gasteiger partial charge in [0.1, 0.15) is 0 Å². The fourth-order valence-corrected chi connectivity index (χ4v) is 4.41. The zero-order valence-corrected chi connectivity index (χ0v) is 13.8. The van der Waals surface area contributed by atoms with Crippen molar-refractivity contribution >= 4 is 10.0 Å². The van der Waals surface area contributed by atoms with Crippen LogP contribution in [0.5, 0.6) is 0 Å². The summed E-state index contributed by atoms with van der Waals surface area (Å²) in [5.74, 6) is 0.582. The molecule has 21 heavy (non-hydrogen) atoms. The Bertz CT molecular complexity index is 566. The zero-order chi connectivity index (χ0) is 15.6. The Labute approximate surface area is 127 Å². The molecule has 2 rings (SSSR count). The molecule has 4 nitrogen and oxygen atoms in total. The molecule has 0 bridgehead atoms. The van der Waals surface area contributed by atoms with E-state index in [1.54, 1.807) is 38.2 Å². The first kappa shape index (κ1) is 16.5. The number of aliphatic hydroxyl groups excluding tert-OH is 1. The van der Waals surface area contributed by atoms with Crippen LogP contribution in [-0.4, -0.2) is 30.9 Å². The van der Waals surface area contributed by atoms with Gasteiger partial charge in [-0.15, -0.1) is 0 Å². The van der Waals surface area contributed by atoms with Gasteiger partial charge in [-0.1, -0.05) is 31.9 Å². The summed E-state index contributed by atoms with van der Waals surface area (Å²) in [4.78, 5) is 0.299. The highest BCUT2D eigenvalue weighted by Crippen LogP contribution is 2.30. The van der Waals surface area contributed by atoms with Crippen molar-refractivity contribution in [2.75, 3.05) is 7.05 Å². The smallest absolute Gasteiger partial charge is 0.243 e. The lowest BCUT2D eigenvalue weighted by Gasteiger charge is -2.33. The van der Waals surface area contributed by atoms with Gasteiger partial charge < -0.3 is 5.11 Å². The summed E-state index contributed by atoms with van der Waals surface area (Å²) in [6.07, 6.45) is 3.56. The fraction of sp³-hybridized carbons (Fsp3) is 0.625. The molecule has 0 saturated heterocycles. The van der Waals surface area contributed by atoms with Crippen molar-refractivity contribution in [3.63, 3.8) is 0 Å². The maximum atomic E-state index is 12.7. The van der Waals surface area contributed by atoms with Crippen LogP contribution >= 0.6 is 0 Å². The molecule has 5 heteroatoms. The van der Waals surface area contributed by atoms with E-state index in [2.05, 4.69) is 6.92 Å². The third kappa shape index (κ3) is 3.65. The summed E-state index contributed by atoms with van der Waals surface area (Å²) in [7, 11) is -1.77. The number of aliphatic hydroxyl groups is 1. The number of rotatable bonds is 4. The molecular weight excluding hydrogens is 286 g/mol. The van der Waals surface area contributed by atoms with E-state index in [4.69, 9.17) is 0 Å². The zero-order valence-electron chi connectivity index (χ0n) is 13.0. The lowest BCUT2D eigenvalue weighted by atomic mass is 9.87. The average Bonchev–Trinajstić information content (AvgIpc) is 2.46. The molecule has 118 valence electrons. The van der Waals surface area contributed by atoms with Crippen LogP contribution in [0.1, 0.15) is 51.2 Å². The van der Waals surface area contributed by atoms with Crippen LogP contribution in [0, 0.1) is 5.92 Å². The lowest BCUT2D eigenvalue weighted by Crippen LogP contribution is -2.39. The summed E-state index contributed by atoms with van der Waals surface area (Å²) >= 11 is 0. The molecule has 1 fully saturated rings. The van der Waals surface area contributed by atoms with Gasteiger partial charge in [0, 0.05) is 13.1 Å². The molecule has 3 atom stereocenters. The quantitative estimate of drug-likeness (QED) is 0.930. The molecule has 1 saturated carbocycles. The molecule has 0 amide bonds. The Morgan fingerprint density at radius 2 is 1.86 bits per heavy atom. The van der Waals surface area contributed by atoms with E-state index >= 15 is 0 Å². The van der Waals surface area contributed by atoms with E-state index in [0.717, 1.165) is 24.8 Å². The largest absolute Gasteiger partial charge is 0.389 e. The Morgan fingerprint density at radius 1 is 1.24 bits per heavy atom. The first-order valence-electron chi connectivity index (χ1n) is 7.58. The minimum atomic E-state index is -3.45. The highest BCUT2D eigenvalue weighted by atomic mass is 32.2. The highest BCUT2D eigenvalue weighted by molar-refractivity contribution is 7.89. The van der Waals surface area contributed by atoms with Gasteiger partial charge in [-0.25, -0.2) is 8.42 Å². The minimum absolute atomic E-state index is 0.0928. The van der Waals surface area contributed by atoms with Crippen LogP contribution < -0.4 is 0 Å². The van der Waals surface area contributed by atoms with Gasteiger partial charge in [0.05, 0.1) is 11.0 Å². The van der Waals surface area contributed by atoms with Crippen LogP contribution in [0.25, 0.3) is 0 Å². The van der Waals surface area contributed by atoms with E-state index in [1.807, 2.05) is 0 Å². The van der Waals surface area contributed by atoms with Crippen molar-refractivity contribution in [1.82, 2.24) is 4.31 Å². The first-order chi connectivity index (χ1) is 9.82. The monoisotopic (exact) mass is 311 g/mol. The van der Waals surface area contributed by atoms with Gasteiger partial charge in [0.2, 0.25) is 10.0 Å². The van der Waals surface area contributed by atoms with Crippen molar-refractivity contribution in [1.29, 1.82) is 0 Å². The topological polar surface area (TPSA) is 57.6 Å². The van der Waals surface area contributed by atoms with Crippen molar-refractivity contribution in [2.45, 2.75) is 56.6 Å². The van der Waals surface area contributed by atoms with Crippen LogP contribution in [0.15, 0.2) is 29.2 Å². The maximum absolute atomic E-state index is 12.7. The standard InChI is InChI=1S/C16H25NO3S/c1-12-5-4-6-15(11-12)17(3)21(19,20)16-9-7-14(8-10-16)13(2)18/h7-10,12-13,15,18H,4-6,11H2,1-3H3. The van der Waals surface area contributed by atoms with Gasteiger partial charge in [0.25, 0.3) is 0 Å². The average molecular weight is 311 g/mol. The first-order valence-corrected chi connectivity index (χ1v) is 9.02. The normalized spacial score (nSPS) is 25.0. The molecule has 0 heterocycles.